The summed E-state index contributed by atoms with van der Waals surface area (Å²) in [5.74, 6) is 2.42. The molecule has 0 bridgehead atoms. The fourth-order valence-electron chi connectivity index (χ4n) is 2.85. The van der Waals surface area contributed by atoms with Crippen LogP contribution in [0, 0.1) is 5.92 Å². The number of aryl methyl sites for hydroxylation is 1. The van der Waals surface area contributed by atoms with Crippen molar-refractivity contribution in [2.45, 2.75) is 26.2 Å². The molecule has 1 unspecified atom stereocenters. The first-order valence-corrected chi connectivity index (χ1v) is 9.90. The van der Waals surface area contributed by atoms with Crippen molar-refractivity contribution in [2.24, 2.45) is 10.9 Å². The van der Waals surface area contributed by atoms with Crippen LogP contribution in [-0.4, -0.2) is 40.7 Å². The first kappa shape index (κ1) is 18.4. The molecule has 0 spiro atoms. The number of hydrogen-bond acceptors (Lipinski definition) is 4. The van der Waals surface area contributed by atoms with Crippen molar-refractivity contribution in [1.29, 1.82) is 0 Å². The highest BCUT2D eigenvalue weighted by atomic mass is 32.1. The van der Waals surface area contributed by atoms with E-state index in [2.05, 4.69) is 50.3 Å². The maximum atomic E-state index is 4.31. The van der Waals surface area contributed by atoms with Crippen LogP contribution in [0.4, 0.5) is 0 Å². The van der Waals surface area contributed by atoms with Crippen molar-refractivity contribution in [1.82, 2.24) is 25.2 Å². The summed E-state index contributed by atoms with van der Waals surface area (Å²) in [5, 5.41) is 17.4. The van der Waals surface area contributed by atoms with E-state index in [-0.39, 0.29) is 0 Å². The second-order valence-corrected chi connectivity index (χ2v) is 7.45. The minimum absolute atomic E-state index is 0.564. The number of hydrogen-bond donors (Lipinski definition) is 2. The van der Waals surface area contributed by atoms with Gasteiger partial charge < -0.3 is 10.6 Å². The fraction of sp³-hybridized carbons (Fsp3) is 0.421. The van der Waals surface area contributed by atoms with E-state index in [1.54, 1.807) is 0 Å². The Bertz CT molecular complexity index is 824. The molecule has 0 aliphatic carbocycles. The highest BCUT2D eigenvalue weighted by Gasteiger charge is 2.07. The van der Waals surface area contributed by atoms with E-state index in [1.165, 1.54) is 4.88 Å². The van der Waals surface area contributed by atoms with Crippen LogP contribution in [0.5, 0.6) is 0 Å². The van der Waals surface area contributed by atoms with Crippen LogP contribution in [0.25, 0.3) is 5.65 Å². The topological polar surface area (TPSA) is 66.6 Å². The Morgan fingerprint density at radius 1 is 1.23 bits per heavy atom. The third kappa shape index (κ3) is 5.05. The predicted octanol–water partition coefficient (Wildman–Crippen LogP) is 2.77. The molecule has 1 atom stereocenters. The molecule has 7 heteroatoms. The van der Waals surface area contributed by atoms with E-state index in [4.69, 9.17) is 0 Å². The van der Waals surface area contributed by atoms with Crippen LogP contribution in [0.1, 0.15) is 24.0 Å². The zero-order valence-corrected chi connectivity index (χ0v) is 16.2. The van der Waals surface area contributed by atoms with E-state index in [0.717, 1.165) is 49.8 Å². The molecule has 0 aliphatic rings. The lowest BCUT2D eigenvalue weighted by Crippen LogP contribution is -2.40. The first-order chi connectivity index (χ1) is 12.8. The van der Waals surface area contributed by atoms with E-state index in [0.29, 0.717) is 5.92 Å². The quantitative estimate of drug-likeness (QED) is 0.363. The van der Waals surface area contributed by atoms with Crippen LogP contribution in [0.3, 0.4) is 0 Å². The van der Waals surface area contributed by atoms with Crippen molar-refractivity contribution < 1.29 is 0 Å². The van der Waals surface area contributed by atoms with Gasteiger partial charge in [0.2, 0.25) is 0 Å². The van der Waals surface area contributed by atoms with Crippen molar-refractivity contribution >= 4 is 22.9 Å². The third-order valence-electron chi connectivity index (χ3n) is 4.23. The Balaban J connectivity index is 1.37. The monoisotopic (exact) mass is 370 g/mol. The van der Waals surface area contributed by atoms with Gasteiger partial charge in [-0.15, -0.1) is 21.5 Å². The molecule has 2 N–H and O–H groups in total. The fourth-order valence-corrected chi connectivity index (χ4v) is 3.72. The van der Waals surface area contributed by atoms with Gasteiger partial charge in [-0.25, -0.2) is 0 Å². The molecule has 6 nitrogen and oxygen atoms in total. The largest absolute Gasteiger partial charge is 0.356 e. The SMILES string of the molecule is CN=C(NCCCc1nnc2ccccn12)NCC(C)Cc1cccs1. The minimum atomic E-state index is 0.564. The van der Waals surface area contributed by atoms with Gasteiger partial charge in [-0.05, 0) is 42.3 Å². The average Bonchev–Trinajstić information content (AvgIpc) is 3.31. The first-order valence-electron chi connectivity index (χ1n) is 9.02. The Kier molecular flexibility index (Phi) is 6.60. The Hall–Kier alpha value is -2.41. The standard InChI is InChI=1S/C19H26N6S/c1-15(13-16-7-6-12-26-16)14-22-19(20-2)21-10-5-9-18-24-23-17-8-3-4-11-25(17)18/h3-4,6-8,11-12,15H,5,9-10,13-14H2,1-2H3,(H2,20,21,22). The van der Waals surface area contributed by atoms with Gasteiger partial charge in [0.1, 0.15) is 5.82 Å². The van der Waals surface area contributed by atoms with Crippen LogP contribution in [0.15, 0.2) is 46.9 Å². The van der Waals surface area contributed by atoms with Crippen LogP contribution >= 0.6 is 11.3 Å². The molecule has 3 heterocycles. The molecule has 0 fully saturated rings. The molecular formula is C19H26N6S. The number of aliphatic imine (C=N–C) groups is 1. The van der Waals surface area contributed by atoms with E-state index >= 15 is 0 Å². The van der Waals surface area contributed by atoms with Gasteiger partial charge in [-0.3, -0.25) is 9.39 Å². The molecule has 0 saturated heterocycles. The molecule has 3 aromatic heterocycles. The molecule has 26 heavy (non-hydrogen) atoms. The molecule has 0 radical (unpaired) electrons. The number of guanidine groups is 1. The number of nitrogens with zero attached hydrogens (tertiary/aromatic N) is 4. The van der Waals surface area contributed by atoms with Crippen molar-refractivity contribution in [3.05, 3.63) is 52.6 Å². The summed E-state index contributed by atoms with van der Waals surface area (Å²) < 4.78 is 2.04. The summed E-state index contributed by atoms with van der Waals surface area (Å²) in [5.41, 5.74) is 0.896. The Morgan fingerprint density at radius 3 is 2.96 bits per heavy atom. The number of fused-ring (bicyclic) bond motifs is 1. The lowest BCUT2D eigenvalue weighted by Gasteiger charge is -2.15. The lowest BCUT2D eigenvalue weighted by atomic mass is 10.1. The normalized spacial score (nSPS) is 13.1. The number of thiophene rings is 1. The zero-order chi connectivity index (χ0) is 18.2. The van der Waals surface area contributed by atoms with Gasteiger partial charge in [-0.2, -0.15) is 0 Å². The van der Waals surface area contributed by atoms with Crippen molar-refractivity contribution in [2.75, 3.05) is 20.1 Å². The summed E-state index contributed by atoms with van der Waals surface area (Å²) in [7, 11) is 1.81. The van der Waals surface area contributed by atoms with Gasteiger partial charge in [0.25, 0.3) is 0 Å². The average molecular weight is 371 g/mol. The predicted molar refractivity (Wildman–Crippen MR) is 108 cm³/mol. The molecule has 0 amide bonds. The zero-order valence-electron chi connectivity index (χ0n) is 15.4. The molecule has 3 rings (SSSR count). The summed E-state index contributed by atoms with van der Waals surface area (Å²) in [4.78, 5) is 5.74. The van der Waals surface area contributed by atoms with Crippen molar-refractivity contribution in [3.63, 3.8) is 0 Å². The Morgan fingerprint density at radius 2 is 2.15 bits per heavy atom. The number of nitrogens with one attached hydrogen (secondary N) is 2. The van der Waals surface area contributed by atoms with E-state index < -0.39 is 0 Å². The van der Waals surface area contributed by atoms with E-state index in [9.17, 15) is 0 Å². The van der Waals surface area contributed by atoms with Gasteiger partial charge in [0, 0.05) is 37.6 Å². The maximum Gasteiger partial charge on any atom is 0.190 e. The second kappa shape index (κ2) is 9.33. The summed E-state index contributed by atoms with van der Waals surface area (Å²) in [6.45, 7) is 4.02. The molecular weight excluding hydrogens is 344 g/mol. The molecule has 0 aromatic carbocycles. The van der Waals surface area contributed by atoms with Gasteiger partial charge >= 0.3 is 0 Å². The highest BCUT2D eigenvalue weighted by Crippen LogP contribution is 2.13. The summed E-state index contributed by atoms with van der Waals surface area (Å²) in [6, 6.07) is 10.3. The van der Waals surface area contributed by atoms with Gasteiger partial charge in [0.15, 0.2) is 11.6 Å². The number of aromatic nitrogens is 3. The number of pyridine rings is 1. The summed E-state index contributed by atoms with van der Waals surface area (Å²) in [6.07, 6.45) is 4.96. The van der Waals surface area contributed by atoms with Gasteiger partial charge in [0.05, 0.1) is 0 Å². The Labute approximate surface area is 158 Å². The molecule has 3 aromatic rings. The number of rotatable bonds is 8. The molecule has 0 saturated carbocycles. The lowest BCUT2D eigenvalue weighted by molar-refractivity contribution is 0.561. The smallest absolute Gasteiger partial charge is 0.190 e. The van der Waals surface area contributed by atoms with Crippen LogP contribution in [-0.2, 0) is 12.8 Å². The molecule has 138 valence electrons. The van der Waals surface area contributed by atoms with Gasteiger partial charge in [-0.1, -0.05) is 19.1 Å². The van der Waals surface area contributed by atoms with Crippen LogP contribution < -0.4 is 10.6 Å². The molecule has 0 aliphatic heterocycles. The van der Waals surface area contributed by atoms with Crippen molar-refractivity contribution in [3.8, 4) is 0 Å². The van der Waals surface area contributed by atoms with Crippen LogP contribution in [0.2, 0.25) is 0 Å². The third-order valence-corrected chi connectivity index (χ3v) is 5.12. The second-order valence-electron chi connectivity index (χ2n) is 6.42. The summed E-state index contributed by atoms with van der Waals surface area (Å²) >= 11 is 1.82. The maximum absolute atomic E-state index is 4.31. The minimum Gasteiger partial charge on any atom is -0.356 e. The highest BCUT2D eigenvalue weighted by molar-refractivity contribution is 7.09. The van der Waals surface area contributed by atoms with E-state index in [1.807, 2.05) is 47.2 Å².